The molecule has 0 saturated carbocycles. The molecule has 0 spiro atoms. The highest BCUT2D eigenvalue weighted by atomic mass is 32.2. The maximum absolute atomic E-state index is 12.8. The van der Waals surface area contributed by atoms with E-state index in [1.165, 1.54) is 11.8 Å². The van der Waals surface area contributed by atoms with Crippen molar-refractivity contribution >= 4 is 34.3 Å². The molecule has 28 heavy (non-hydrogen) atoms. The number of carbonyl (C=O) groups excluding carboxylic acids is 1. The number of hydrogen-bond acceptors (Lipinski definition) is 4. The lowest BCUT2D eigenvalue weighted by molar-refractivity contribution is -0.113. The second-order valence-electron chi connectivity index (χ2n) is 6.69. The maximum atomic E-state index is 12.8. The van der Waals surface area contributed by atoms with E-state index in [1.54, 1.807) is 22.8 Å². The van der Waals surface area contributed by atoms with Crippen molar-refractivity contribution in [2.75, 3.05) is 11.1 Å². The van der Waals surface area contributed by atoms with Gasteiger partial charge in [0.2, 0.25) is 5.91 Å². The third-order valence-electron chi connectivity index (χ3n) is 4.33. The van der Waals surface area contributed by atoms with Crippen molar-refractivity contribution < 1.29 is 4.79 Å². The first-order valence-corrected chi connectivity index (χ1v) is 10.1. The molecule has 1 heterocycles. The Morgan fingerprint density at radius 1 is 1.21 bits per heavy atom. The summed E-state index contributed by atoms with van der Waals surface area (Å²) in [7, 11) is 0. The molecule has 0 bridgehead atoms. The minimum atomic E-state index is -0.134. The summed E-state index contributed by atoms with van der Waals surface area (Å²) < 4.78 is 1.55. The van der Waals surface area contributed by atoms with Crippen LogP contribution in [0.1, 0.15) is 25.3 Å². The van der Waals surface area contributed by atoms with Crippen LogP contribution >= 0.6 is 11.8 Å². The van der Waals surface area contributed by atoms with Crippen molar-refractivity contribution in [2.24, 2.45) is 0 Å². The summed E-state index contributed by atoms with van der Waals surface area (Å²) in [5, 5.41) is 4.04. The topological polar surface area (TPSA) is 64.0 Å². The Morgan fingerprint density at radius 3 is 2.68 bits per heavy atom. The SMILES string of the molecule is C=CCn1c(SCC(=O)Nc2ccccc2C(C)C)nc2ccccc2c1=O. The molecule has 1 amide bonds. The van der Waals surface area contributed by atoms with E-state index in [0.29, 0.717) is 28.5 Å². The minimum Gasteiger partial charge on any atom is -0.325 e. The van der Waals surface area contributed by atoms with Crippen LogP contribution in [0.4, 0.5) is 5.69 Å². The number of rotatable bonds is 7. The number of carbonyl (C=O) groups is 1. The molecule has 144 valence electrons. The van der Waals surface area contributed by atoms with Gasteiger partial charge in [0.05, 0.1) is 16.7 Å². The van der Waals surface area contributed by atoms with Gasteiger partial charge >= 0.3 is 0 Å². The number of aromatic nitrogens is 2. The van der Waals surface area contributed by atoms with Crippen LogP contribution in [0.15, 0.2) is 71.1 Å². The second kappa shape index (κ2) is 8.89. The fraction of sp³-hybridized carbons (Fsp3) is 0.227. The van der Waals surface area contributed by atoms with Gasteiger partial charge in [0.1, 0.15) is 0 Å². The molecule has 2 aromatic carbocycles. The molecule has 6 heteroatoms. The summed E-state index contributed by atoms with van der Waals surface area (Å²) in [6.45, 7) is 8.24. The van der Waals surface area contributed by atoms with E-state index in [4.69, 9.17) is 0 Å². The molecule has 0 radical (unpaired) electrons. The highest BCUT2D eigenvalue weighted by molar-refractivity contribution is 7.99. The Morgan fingerprint density at radius 2 is 1.93 bits per heavy atom. The molecule has 5 nitrogen and oxygen atoms in total. The summed E-state index contributed by atoms with van der Waals surface area (Å²) in [6.07, 6.45) is 1.65. The molecule has 0 aliphatic carbocycles. The number of anilines is 1. The van der Waals surface area contributed by atoms with Gasteiger partial charge in [-0.1, -0.05) is 62.0 Å². The van der Waals surface area contributed by atoms with Crippen molar-refractivity contribution in [2.45, 2.75) is 31.5 Å². The van der Waals surface area contributed by atoms with Crippen molar-refractivity contribution in [3.8, 4) is 0 Å². The first kappa shape index (κ1) is 19.9. The molecule has 0 saturated heterocycles. The molecule has 1 N–H and O–H groups in total. The molecule has 1 aromatic heterocycles. The molecule has 0 fully saturated rings. The second-order valence-corrected chi connectivity index (χ2v) is 7.64. The van der Waals surface area contributed by atoms with E-state index in [1.807, 2.05) is 36.4 Å². The average molecular weight is 394 g/mol. The van der Waals surface area contributed by atoms with E-state index in [9.17, 15) is 9.59 Å². The van der Waals surface area contributed by atoms with E-state index in [2.05, 4.69) is 30.7 Å². The van der Waals surface area contributed by atoms with Gasteiger partial charge in [-0.05, 0) is 29.7 Å². The van der Waals surface area contributed by atoms with Gasteiger partial charge in [0.25, 0.3) is 5.56 Å². The van der Waals surface area contributed by atoms with Crippen LogP contribution in [0.5, 0.6) is 0 Å². The Balaban J connectivity index is 1.81. The van der Waals surface area contributed by atoms with Crippen molar-refractivity contribution in [1.82, 2.24) is 9.55 Å². The number of allylic oxidation sites excluding steroid dienone is 1. The number of fused-ring (bicyclic) bond motifs is 1. The van der Waals surface area contributed by atoms with Crippen molar-refractivity contribution in [3.63, 3.8) is 0 Å². The van der Waals surface area contributed by atoms with Gasteiger partial charge in [-0.2, -0.15) is 0 Å². The molecule has 0 aliphatic heterocycles. The third kappa shape index (κ3) is 4.34. The predicted molar refractivity (Wildman–Crippen MR) is 116 cm³/mol. The molecular formula is C22H23N3O2S. The number of amides is 1. The summed E-state index contributed by atoms with van der Waals surface area (Å²) in [6, 6.07) is 15.0. The van der Waals surface area contributed by atoms with Crippen LogP contribution in [0.3, 0.4) is 0 Å². The molecule has 0 unspecified atom stereocenters. The zero-order valence-corrected chi connectivity index (χ0v) is 16.8. The average Bonchev–Trinajstić information content (AvgIpc) is 2.69. The summed E-state index contributed by atoms with van der Waals surface area (Å²) in [5.74, 6) is 0.337. The first-order chi connectivity index (χ1) is 13.5. The van der Waals surface area contributed by atoms with Gasteiger partial charge in [-0.25, -0.2) is 4.98 Å². The van der Waals surface area contributed by atoms with Gasteiger partial charge < -0.3 is 5.32 Å². The molecule has 0 atom stereocenters. The van der Waals surface area contributed by atoms with Gasteiger partial charge in [0, 0.05) is 12.2 Å². The zero-order chi connectivity index (χ0) is 20.1. The number of thioether (sulfide) groups is 1. The van der Waals surface area contributed by atoms with Crippen LogP contribution in [-0.2, 0) is 11.3 Å². The lowest BCUT2D eigenvalue weighted by Gasteiger charge is -2.14. The highest BCUT2D eigenvalue weighted by Gasteiger charge is 2.14. The zero-order valence-electron chi connectivity index (χ0n) is 16.0. The van der Waals surface area contributed by atoms with Gasteiger partial charge in [0.15, 0.2) is 5.16 Å². The third-order valence-corrected chi connectivity index (χ3v) is 5.30. The fourth-order valence-corrected chi connectivity index (χ4v) is 3.79. The quantitative estimate of drug-likeness (QED) is 0.366. The van der Waals surface area contributed by atoms with Crippen LogP contribution in [0.25, 0.3) is 10.9 Å². The van der Waals surface area contributed by atoms with Gasteiger partial charge in [-0.3, -0.25) is 14.2 Å². The number of nitrogens with one attached hydrogen (secondary N) is 1. The normalized spacial score (nSPS) is 11.0. The van der Waals surface area contributed by atoms with Gasteiger partial charge in [-0.15, -0.1) is 6.58 Å². The predicted octanol–water partition coefficient (Wildman–Crippen LogP) is 4.44. The fourth-order valence-electron chi connectivity index (χ4n) is 2.98. The van der Waals surface area contributed by atoms with Crippen LogP contribution in [0.2, 0.25) is 0 Å². The largest absolute Gasteiger partial charge is 0.325 e. The molecular weight excluding hydrogens is 370 g/mol. The Bertz CT molecular complexity index is 1070. The standard InChI is InChI=1S/C22H23N3O2S/c1-4-13-25-21(27)17-10-6-8-12-19(17)24-22(25)28-14-20(26)23-18-11-7-5-9-16(18)15(2)3/h4-12,15H,1,13-14H2,2-3H3,(H,23,26). The monoisotopic (exact) mass is 393 g/mol. The minimum absolute atomic E-state index is 0.126. The van der Waals surface area contributed by atoms with Crippen LogP contribution < -0.4 is 10.9 Å². The maximum Gasteiger partial charge on any atom is 0.262 e. The highest BCUT2D eigenvalue weighted by Crippen LogP contribution is 2.24. The summed E-state index contributed by atoms with van der Waals surface area (Å²) in [4.78, 5) is 29.8. The summed E-state index contributed by atoms with van der Waals surface area (Å²) in [5.41, 5.74) is 2.41. The number of nitrogens with zero attached hydrogens (tertiary/aromatic N) is 2. The van der Waals surface area contributed by atoms with E-state index >= 15 is 0 Å². The number of hydrogen-bond donors (Lipinski definition) is 1. The first-order valence-electron chi connectivity index (χ1n) is 9.13. The van der Waals surface area contributed by atoms with E-state index < -0.39 is 0 Å². The van der Waals surface area contributed by atoms with Crippen molar-refractivity contribution in [3.05, 3.63) is 77.1 Å². The molecule has 3 rings (SSSR count). The number of para-hydroxylation sites is 2. The Kier molecular flexibility index (Phi) is 6.31. The van der Waals surface area contributed by atoms with E-state index in [-0.39, 0.29) is 17.2 Å². The summed E-state index contributed by atoms with van der Waals surface area (Å²) >= 11 is 1.25. The smallest absolute Gasteiger partial charge is 0.262 e. The Hall–Kier alpha value is -2.86. The van der Waals surface area contributed by atoms with Crippen molar-refractivity contribution in [1.29, 1.82) is 0 Å². The Labute approximate surface area is 168 Å². The van der Waals surface area contributed by atoms with Crippen LogP contribution in [0, 0.1) is 0 Å². The van der Waals surface area contributed by atoms with Crippen LogP contribution in [-0.4, -0.2) is 21.2 Å². The molecule has 0 aliphatic rings. The lowest BCUT2D eigenvalue weighted by atomic mass is 10.0. The van der Waals surface area contributed by atoms with E-state index in [0.717, 1.165) is 11.3 Å². The lowest BCUT2D eigenvalue weighted by Crippen LogP contribution is -2.24. The number of benzene rings is 2. The molecule has 3 aromatic rings.